The Kier molecular flexibility index (Phi) is 5.93. The minimum atomic E-state index is -0.458. The molecule has 0 aliphatic rings. The maximum Gasteiger partial charge on any atom is 0.295 e. The summed E-state index contributed by atoms with van der Waals surface area (Å²) in [7, 11) is 1.79. The van der Waals surface area contributed by atoms with Crippen molar-refractivity contribution in [3.63, 3.8) is 0 Å². The van der Waals surface area contributed by atoms with Crippen LogP contribution in [0.5, 0.6) is 0 Å². The van der Waals surface area contributed by atoms with E-state index in [2.05, 4.69) is 15.3 Å². The Morgan fingerprint density at radius 1 is 1.07 bits per heavy atom. The van der Waals surface area contributed by atoms with Gasteiger partial charge in [0.15, 0.2) is 5.16 Å². The number of aryl methyl sites for hydroxylation is 2. The van der Waals surface area contributed by atoms with Gasteiger partial charge in [-0.25, -0.2) is 14.6 Å². The molecule has 0 aliphatic heterocycles. The van der Waals surface area contributed by atoms with Crippen LogP contribution in [0.1, 0.15) is 29.6 Å². The van der Waals surface area contributed by atoms with E-state index in [1.807, 2.05) is 58.0 Å². The molecule has 0 unspecified atom stereocenters. The number of rotatable bonds is 5. The summed E-state index contributed by atoms with van der Waals surface area (Å²) < 4.78 is 3.28. The first-order valence-electron chi connectivity index (χ1n) is 9.34. The molecule has 7 nitrogen and oxygen atoms in total. The quantitative estimate of drug-likeness (QED) is 0.514. The summed E-state index contributed by atoms with van der Waals surface area (Å²) >= 11 is 1.28. The normalized spacial score (nSPS) is 12.1. The second-order valence-corrected chi connectivity index (χ2v) is 8.30. The maximum atomic E-state index is 13.0. The molecule has 8 heteroatoms. The topological polar surface area (TPSA) is 81.8 Å². The number of carbonyl (C=O) groups is 1. The molecule has 2 heterocycles. The van der Waals surface area contributed by atoms with Gasteiger partial charge in [-0.15, -0.1) is 0 Å². The number of thioether (sulfide) groups is 1. The van der Waals surface area contributed by atoms with Crippen molar-refractivity contribution in [2.45, 2.75) is 45.0 Å². The van der Waals surface area contributed by atoms with E-state index in [1.54, 1.807) is 23.3 Å². The molecule has 1 amide bonds. The molecular formula is C21H25N5O2S. The van der Waals surface area contributed by atoms with Gasteiger partial charge in [-0.1, -0.05) is 30.0 Å². The van der Waals surface area contributed by atoms with Gasteiger partial charge < -0.3 is 5.32 Å². The van der Waals surface area contributed by atoms with E-state index in [0.29, 0.717) is 10.9 Å². The second kappa shape index (κ2) is 8.24. The smallest absolute Gasteiger partial charge is 0.295 e. The van der Waals surface area contributed by atoms with Crippen LogP contribution in [0.3, 0.4) is 0 Å². The lowest BCUT2D eigenvalue weighted by Crippen LogP contribution is -2.27. The Labute approximate surface area is 174 Å². The Hall–Kier alpha value is -2.87. The van der Waals surface area contributed by atoms with Crippen molar-refractivity contribution < 1.29 is 4.79 Å². The highest BCUT2D eigenvalue weighted by Gasteiger charge is 2.22. The third-order valence-corrected chi connectivity index (χ3v) is 6.03. The summed E-state index contributed by atoms with van der Waals surface area (Å²) in [6, 6.07) is 9.33. The molecule has 0 bridgehead atoms. The molecule has 1 N–H and O–H groups in total. The van der Waals surface area contributed by atoms with Crippen molar-refractivity contribution in [3.05, 3.63) is 63.3 Å². The van der Waals surface area contributed by atoms with Crippen LogP contribution in [-0.2, 0) is 11.8 Å². The molecule has 2 aromatic heterocycles. The van der Waals surface area contributed by atoms with Crippen molar-refractivity contribution in [1.29, 1.82) is 0 Å². The molecule has 1 atom stereocenters. The Bertz CT molecular complexity index is 1100. The van der Waals surface area contributed by atoms with Crippen LogP contribution in [0, 0.1) is 27.7 Å². The average molecular weight is 412 g/mol. The molecule has 0 saturated carbocycles. The number of hydrogen-bond donors (Lipinski definition) is 1. The summed E-state index contributed by atoms with van der Waals surface area (Å²) in [5.74, 6) is -0.263. The predicted octanol–water partition coefficient (Wildman–Crippen LogP) is 3.32. The van der Waals surface area contributed by atoms with Crippen LogP contribution < -0.4 is 10.9 Å². The lowest BCUT2D eigenvalue weighted by molar-refractivity contribution is -0.115. The Balaban J connectivity index is 1.83. The van der Waals surface area contributed by atoms with Gasteiger partial charge in [0.2, 0.25) is 5.91 Å². The van der Waals surface area contributed by atoms with Crippen LogP contribution >= 0.6 is 11.8 Å². The predicted molar refractivity (Wildman–Crippen MR) is 116 cm³/mol. The number of benzene rings is 1. The summed E-state index contributed by atoms with van der Waals surface area (Å²) in [6.07, 6.45) is 0. The van der Waals surface area contributed by atoms with E-state index in [0.717, 1.165) is 22.6 Å². The van der Waals surface area contributed by atoms with E-state index in [-0.39, 0.29) is 17.2 Å². The number of anilines is 1. The third-order valence-electron chi connectivity index (χ3n) is 5.07. The lowest BCUT2D eigenvalue weighted by atomic mass is 10.2. The number of aromatic nitrogens is 4. The van der Waals surface area contributed by atoms with Crippen molar-refractivity contribution >= 4 is 23.4 Å². The van der Waals surface area contributed by atoms with Gasteiger partial charge in [0, 0.05) is 18.4 Å². The highest BCUT2D eigenvalue weighted by molar-refractivity contribution is 8.00. The Morgan fingerprint density at radius 2 is 1.66 bits per heavy atom. The fourth-order valence-corrected chi connectivity index (χ4v) is 3.80. The molecule has 0 radical (unpaired) electrons. The number of nitrogens with zero attached hydrogens (tertiary/aromatic N) is 4. The zero-order valence-corrected chi connectivity index (χ0v) is 18.3. The standard InChI is InChI=1S/C21H25N5O2S/c1-12-13(2)22-21(23-14(12)3)29-16(5)19(27)24-18-15(4)25(6)26(20(18)28)17-10-8-7-9-11-17/h7-11,16H,1-6H3,(H,24,27)/t16-/m1/s1. The van der Waals surface area contributed by atoms with E-state index < -0.39 is 5.25 Å². The number of nitrogens with one attached hydrogen (secondary N) is 1. The van der Waals surface area contributed by atoms with Crippen LogP contribution in [-0.4, -0.2) is 30.5 Å². The van der Waals surface area contributed by atoms with Crippen molar-refractivity contribution in [2.75, 3.05) is 5.32 Å². The summed E-state index contributed by atoms with van der Waals surface area (Å²) in [5, 5.41) is 2.90. The monoisotopic (exact) mass is 411 g/mol. The van der Waals surface area contributed by atoms with Gasteiger partial charge in [-0.3, -0.25) is 14.3 Å². The fourth-order valence-electron chi connectivity index (χ4n) is 2.94. The first-order chi connectivity index (χ1) is 13.7. The maximum absolute atomic E-state index is 13.0. The number of amides is 1. The third kappa shape index (κ3) is 4.12. The van der Waals surface area contributed by atoms with Crippen molar-refractivity contribution in [3.8, 4) is 5.69 Å². The van der Waals surface area contributed by atoms with Crippen LogP contribution in [0.25, 0.3) is 5.69 Å². The number of carbonyl (C=O) groups excluding carboxylic acids is 1. The fraction of sp³-hybridized carbons (Fsp3) is 0.333. The van der Waals surface area contributed by atoms with Crippen molar-refractivity contribution in [1.82, 2.24) is 19.3 Å². The molecule has 1 aromatic carbocycles. The van der Waals surface area contributed by atoms with E-state index >= 15 is 0 Å². The lowest BCUT2D eigenvalue weighted by Gasteiger charge is -2.12. The van der Waals surface area contributed by atoms with E-state index in [4.69, 9.17) is 0 Å². The molecule has 0 spiro atoms. The number of para-hydroxylation sites is 1. The Morgan fingerprint density at radius 3 is 2.24 bits per heavy atom. The molecule has 0 aliphatic carbocycles. The zero-order valence-electron chi connectivity index (χ0n) is 17.5. The van der Waals surface area contributed by atoms with Gasteiger partial charge in [0.25, 0.3) is 5.56 Å². The molecular weight excluding hydrogens is 386 g/mol. The van der Waals surface area contributed by atoms with Gasteiger partial charge >= 0.3 is 0 Å². The average Bonchev–Trinajstić information content (AvgIpc) is 2.90. The van der Waals surface area contributed by atoms with Gasteiger partial charge in [-0.2, -0.15) is 0 Å². The molecule has 3 rings (SSSR count). The molecule has 0 fully saturated rings. The highest BCUT2D eigenvalue weighted by atomic mass is 32.2. The molecule has 3 aromatic rings. The number of hydrogen-bond acceptors (Lipinski definition) is 5. The zero-order chi connectivity index (χ0) is 21.3. The SMILES string of the molecule is Cc1nc(S[C@H](C)C(=O)Nc2c(C)n(C)n(-c3ccccc3)c2=O)nc(C)c1C. The van der Waals surface area contributed by atoms with Crippen molar-refractivity contribution in [2.24, 2.45) is 7.05 Å². The van der Waals surface area contributed by atoms with E-state index in [1.165, 1.54) is 11.8 Å². The van der Waals surface area contributed by atoms with Gasteiger partial charge in [-0.05, 0) is 52.3 Å². The summed E-state index contributed by atoms with van der Waals surface area (Å²) in [4.78, 5) is 34.6. The largest absolute Gasteiger partial charge is 0.319 e. The van der Waals surface area contributed by atoms with Crippen LogP contribution in [0.4, 0.5) is 5.69 Å². The van der Waals surface area contributed by atoms with Gasteiger partial charge in [0.1, 0.15) is 5.69 Å². The summed E-state index contributed by atoms with van der Waals surface area (Å²) in [6.45, 7) is 9.42. The minimum Gasteiger partial charge on any atom is -0.319 e. The second-order valence-electron chi connectivity index (χ2n) is 6.99. The van der Waals surface area contributed by atoms with Gasteiger partial charge in [0.05, 0.1) is 16.6 Å². The first kappa shape index (κ1) is 20.9. The van der Waals surface area contributed by atoms with E-state index in [9.17, 15) is 9.59 Å². The van der Waals surface area contributed by atoms with Crippen LogP contribution in [0.15, 0.2) is 40.3 Å². The highest BCUT2D eigenvalue weighted by Crippen LogP contribution is 2.23. The summed E-state index contributed by atoms with van der Waals surface area (Å²) in [5.41, 5.74) is 4.29. The molecule has 0 saturated heterocycles. The molecule has 152 valence electrons. The van der Waals surface area contributed by atoms with Crippen LogP contribution in [0.2, 0.25) is 0 Å². The molecule has 29 heavy (non-hydrogen) atoms. The first-order valence-corrected chi connectivity index (χ1v) is 10.2. The minimum absolute atomic E-state index is 0.263.